The first-order chi connectivity index (χ1) is 13.6. The first kappa shape index (κ1) is 17.6. The number of aliphatic hydroxyl groups is 1. The zero-order chi connectivity index (χ0) is 19.4. The molecule has 148 valence electrons. The number of hydrogen-bond acceptors (Lipinski definition) is 7. The quantitative estimate of drug-likeness (QED) is 0.852. The summed E-state index contributed by atoms with van der Waals surface area (Å²) in [6.45, 7) is 0.999. The zero-order valence-corrected chi connectivity index (χ0v) is 16.1. The number of nitrogens with zero attached hydrogens (tertiary/aromatic N) is 1. The Morgan fingerprint density at radius 3 is 2.64 bits per heavy atom. The minimum Gasteiger partial charge on any atom is -0.493 e. The fourth-order valence-electron chi connectivity index (χ4n) is 4.53. The van der Waals surface area contributed by atoms with Gasteiger partial charge in [0.15, 0.2) is 29.3 Å². The lowest BCUT2D eigenvalue weighted by Gasteiger charge is -2.40. The molecule has 2 aromatic carbocycles. The molecule has 0 bridgehead atoms. The summed E-state index contributed by atoms with van der Waals surface area (Å²) in [6, 6.07) is 7.83. The molecule has 5 rings (SSSR count). The summed E-state index contributed by atoms with van der Waals surface area (Å²) in [4.78, 5) is 2.26. The Morgan fingerprint density at radius 1 is 1.07 bits per heavy atom. The van der Waals surface area contributed by atoms with Gasteiger partial charge in [0.25, 0.3) is 0 Å². The van der Waals surface area contributed by atoms with Gasteiger partial charge < -0.3 is 28.8 Å². The number of methoxy groups -OCH3 is 2. The van der Waals surface area contributed by atoms with Gasteiger partial charge in [0.05, 0.1) is 25.8 Å². The van der Waals surface area contributed by atoms with Crippen molar-refractivity contribution < 1.29 is 28.8 Å². The van der Waals surface area contributed by atoms with Crippen molar-refractivity contribution in [3.8, 4) is 23.0 Å². The van der Waals surface area contributed by atoms with Gasteiger partial charge in [0.1, 0.15) is 6.10 Å². The Labute approximate surface area is 163 Å². The van der Waals surface area contributed by atoms with Crippen LogP contribution in [0.4, 0.5) is 0 Å². The molecule has 3 aliphatic rings. The molecule has 0 amide bonds. The van der Waals surface area contributed by atoms with E-state index in [0.717, 1.165) is 29.7 Å². The molecule has 0 fully saturated rings. The summed E-state index contributed by atoms with van der Waals surface area (Å²) in [5, 5.41) is 10.9. The standard InChI is InChI=1S/C21H23NO6/c1-22-7-6-11-8-15(24-2)16(25-3)9-13(11)19-18(22)12-4-5-14-20(27-10-26-14)17(12)21(23)28-19/h4-5,8-9,18-19,21,23H,6-7,10H2,1-3H3/t18-,19+,21-/m1/s1. The van der Waals surface area contributed by atoms with Crippen molar-refractivity contribution in [2.24, 2.45) is 0 Å². The van der Waals surface area contributed by atoms with E-state index in [1.807, 2.05) is 24.3 Å². The molecule has 0 unspecified atom stereocenters. The summed E-state index contributed by atoms with van der Waals surface area (Å²) in [5.74, 6) is 2.57. The highest BCUT2D eigenvalue weighted by molar-refractivity contribution is 5.56. The lowest BCUT2D eigenvalue weighted by molar-refractivity contribution is -0.174. The van der Waals surface area contributed by atoms with E-state index in [9.17, 15) is 5.11 Å². The highest BCUT2D eigenvalue weighted by atomic mass is 16.7. The average molecular weight is 385 g/mol. The van der Waals surface area contributed by atoms with E-state index >= 15 is 0 Å². The largest absolute Gasteiger partial charge is 0.493 e. The second-order valence-corrected chi connectivity index (χ2v) is 7.29. The number of aliphatic hydroxyl groups excluding tert-OH is 1. The maximum atomic E-state index is 10.9. The van der Waals surface area contributed by atoms with E-state index in [0.29, 0.717) is 28.6 Å². The molecule has 2 aromatic rings. The first-order valence-electron chi connectivity index (χ1n) is 9.33. The Bertz CT molecular complexity index is 930. The minimum atomic E-state index is -1.10. The highest BCUT2D eigenvalue weighted by Crippen LogP contribution is 2.54. The van der Waals surface area contributed by atoms with Crippen LogP contribution >= 0.6 is 0 Å². The molecule has 7 nitrogen and oxygen atoms in total. The lowest BCUT2D eigenvalue weighted by atomic mass is 9.87. The average Bonchev–Trinajstić information content (AvgIpc) is 3.14. The number of benzene rings is 2. The van der Waals surface area contributed by atoms with Crippen molar-refractivity contribution in [2.75, 3.05) is 34.6 Å². The fourth-order valence-corrected chi connectivity index (χ4v) is 4.53. The highest BCUT2D eigenvalue weighted by Gasteiger charge is 2.43. The molecule has 0 aromatic heterocycles. The first-order valence-corrected chi connectivity index (χ1v) is 9.33. The van der Waals surface area contributed by atoms with Crippen molar-refractivity contribution in [1.82, 2.24) is 4.90 Å². The number of likely N-dealkylation sites (N-methyl/N-ethyl adjacent to an activating group) is 1. The van der Waals surface area contributed by atoms with Crippen LogP contribution in [0, 0.1) is 0 Å². The van der Waals surface area contributed by atoms with Crippen molar-refractivity contribution in [3.63, 3.8) is 0 Å². The number of hydrogen-bond donors (Lipinski definition) is 1. The van der Waals surface area contributed by atoms with Crippen LogP contribution in [0.3, 0.4) is 0 Å². The molecule has 3 heterocycles. The predicted molar refractivity (Wildman–Crippen MR) is 100.0 cm³/mol. The molecule has 3 aliphatic heterocycles. The Balaban J connectivity index is 1.68. The molecule has 0 aliphatic carbocycles. The van der Waals surface area contributed by atoms with Crippen LogP contribution < -0.4 is 18.9 Å². The van der Waals surface area contributed by atoms with Crippen molar-refractivity contribution in [1.29, 1.82) is 0 Å². The minimum absolute atomic E-state index is 0.0627. The summed E-state index contributed by atoms with van der Waals surface area (Å²) < 4.78 is 28.3. The van der Waals surface area contributed by atoms with Gasteiger partial charge in [-0.25, -0.2) is 0 Å². The normalized spacial score (nSPS) is 25.4. The van der Waals surface area contributed by atoms with Gasteiger partial charge in [-0.1, -0.05) is 6.07 Å². The maximum Gasteiger partial charge on any atom is 0.231 e. The van der Waals surface area contributed by atoms with E-state index in [2.05, 4.69) is 11.9 Å². The Morgan fingerprint density at radius 2 is 1.86 bits per heavy atom. The number of rotatable bonds is 2. The lowest BCUT2D eigenvalue weighted by Crippen LogP contribution is -2.35. The molecule has 0 spiro atoms. The smallest absolute Gasteiger partial charge is 0.231 e. The van der Waals surface area contributed by atoms with Gasteiger partial charge in [-0.3, -0.25) is 4.90 Å². The summed E-state index contributed by atoms with van der Waals surface area (Å²) in [5.41, 5.74) is 3.80. The molecular weight excluding hydrogens is 362 g/mol. The molecule has 1 N–H and O–H groups in total. The monoisotopic (exact) mass is 385 g/mol. The van der Waals surface area contributed by atoms with Crippen LogP contribution in [0.1, 0.15) is 40.7 Å². The van der Waals surface area contributed by atoms with E-state index in [4.69, 9.17) is 23.7 Å². The summed E-state index contributed by atoms with van der Waals surface area (Å²) >= 11 is 0. The van der Waals surface area contributed by atoms with Crippen molar-refractivity contribution in [3.05, 3.63) is 46.5 Å². The van der Waals surface area contributed by atoms with Gasteiger partial charge in [-0.2, -0.15) is 0 Å². The molecule has 7 heteroatoms. The van der Waals surface area contributed by atoms with E-state index < -0.39 is 6.29 Å². The maximum absolute atomic E-state index is 10.9. The van der Waals surface area contributed by atoms with Gasteiger partial charge in [0.2, 0.25) is 6.79 Å². The van der Waals surface area contributed by atoms with E-state index in [1.54, 1.807) is 14.2 Å². The van der Waals surface area contributed by atoms with Gasteiger partial charge in [0, 0.05) is 6.54 Å². The molecule has 0 saturated heterocycles. The van der Waals surface area contributed by atoms with E-state index in [-0.39, 0.29) is 18.9 Å². The molecule has 0 radical (unpaired) electrons. The predicted octanol–water partition coefficient (Wildman–Crippen LogP) is 2.72. The van der Waals surface area contributed by atoms with Crippen LogP contribution in [-0.4, -0.2) is 44.6 Å². The van der Waals surface area contributed by atoms with Crippen molar-refractivity contribution >= 4 is 0 Å². The second-order valence-electron chi connectivity index (χ2n) is 7.29. The van der Waals surface area contributed by atoms with Gasteiger partial charge >= 0.3 is 0 Å². The van der Waals surface area contributed by atoms with Crippen LogP contribution in [-0.2, 0) is 11.2 Å². The van der Waals surface area contributed by atoms with Crippen LogP contribution in [0.25, 0.3) is 0 Å². The van der Waals surface area contributed by atoms with Gasteiger partial charge in [-0.15, -0.1) is 0 Å². The molecular formula is C21H23NO6. The summed E-state index contributed by atoms with van der Waals surface area (Å²) in [6.07, 6.45) is -0.594. The third-order valence-corrected chi connectivity index (χ3v) is 5.90. The number of ether oxygens (including phenoxy) is 5. The Kier molecular flexibility index (Phi) is 4.12. The van der Waals surface area contributed by atoms with Crippen LogP contribution in [0.5, 0.6) is 23.0 Å². The fraction of sp³-hybridized carbons (Fsp3) is 0.429. The third-order valence-electron chi connectivity index (χ3n) is 5.90. The second kappa shape index (κ2) is 6.55. The van der Waals surface area contributed by atoms with Crippen LogP contribution in [0.2, 0.25) is 0 Å². The topological polar surface area (TPSA) is 69.6 Å². The Hall–Kier alpha value is -2.48. The number of fused-ring (bicyclic) bond motifs is 7. The SMILES string of the molecule is COc1cc2c(cc1OC)[C@@H]1O[C@@H](O)c3c(ccc4c3OCO4)[C@H]1N(C)CC2. The molecule has 3 atom stereocenters. The summed E-state index contributed by atoms with van der Waals surface area (Å²) in [7, 11) is 5.33. The zero-order valence-electron chi connectivity index (χ0n) is 16.1. The third kappa shape index (κ3) is 2.47. The van der Waals surface area contributed by atoms with Gasteiger partial charge in [-0.05, 0) is 48.4 Å². The van der Waals surface area contributed by atoms with E-state index in [1.165, 1.54) is 0 Å². The molecule has 0 saturated carbocycles. The van der Waals surface area contributed by atoms with Crippen molar-refractivity contribution in [2.45, 2.75) is 24.9 Å². The van der Waals surface area contributed by atoms with Crippen LogP contribution in [0.15, 0.2) is 24.3 Å². The molecule has 28 heavy (non-hydrogen) atoms.